The summed E-state index contributed by atoms with van der Waals surface area (Å²) in [6.07, 6.45) is 0.453. The van der Waals surface area contributed by atoms with Crippen LogP contribution in [-0.4, -0.2) is 27.0 Å². The summed E-state index contributed by atoms with van der Waals surface area (Å²) in [7, 11) is 0. The van der Waals surface area contributed by atoms with Gasteiger partial charge in [-0.1, -0.05) is 6.07 Å². The first-order valence-electron chi connectivity index (χ1n) is 4.74. The van der Waals surface area contributed by atoms with E-state index in [1.165, 1.54) is 12.1 Å². The number of anilines is 1. The summed E-state index contributed by atoms with van der Waals surface area (Å²) in [6.45, 7) is 0. The molecule has 0 aliphatic heterocycles. The highest BCUT2D eigenvalue weighted by Gasteiger charge is 2.40. The molecule has 0 heterocycles. The Bertz CT molecular complexity index is 446. The molecule has 86 valence electrons. The maximum Gasteiger partial charge on any atom is 0.324 e. The molecular formula is C10H12N2O4. The highest BCUT2D eigenvalue weighted by Crippen LogP contribution is 2.31. The summed E-state index contributed by atoms with van der Waals surface area (Å²) in [5, 5.41) is 26.7. The first kappa shape index (κ1) is 10.9. The van der Waals surface area contributed by atoms with Crippen molar-refractivity contribution in [1.29, 1.82) is 0 Å². The molecule has 1 aromatic rings. The summed E-state index contributed by atoms with van der Waals surface area (Å²) in [6, 6.07) is 4.67. The van der Waals surface area contributed by atoms with Crippen LogP contribution in [0, 0.1) is 0 Å². The molecule has 6 heteroatoms. The number of benzene rings is 1. The van der Waals surface area contributed by atoms with E-state index >= 15 is 0 Å². The molecule has 0 amide bonds. The molecule has 1 aliphatic carbocycles. The smallest absolute Gasteiger partial charge is 0.324 e. The zero-order valence-electron chi connectivity index (χ0n) is 8.42. The Kier molecular flexibility index (Phi) is 2.34. The Labute approximate surface area is 91.4 Å². The summed E-state index contributed by atoms with van der Waals surface area (Å²) in [5.74, 6) is -1.05. The number of fused-ring (bicyclic) bond motifs is 1. The third-order valence-corrected chi connectivity index (χ3v) is 2.86. The minimum atomic E-state index is -1.28. The van der Waals surface area contributed by atoms with Crippen LogP contribution in [0.4, 0.5) is 5.69 Å². The fourth-order valence-electron chi connectivity index (χ4n) is 1.97. The number of carboxylic acid groups (broad SMARTS) is 1. The van der Waals surface area contributed by atoms with Crippen LogP contribution in [0.25, 0.3) is 0 Å². The van der Waals surface area contributed by atoms with Gasteiger partial charge in [0.1, 0.15) is 5.54 Å². The van der Waals surface area contributed by atoms with Crippen molar-refractivity contribution in [2.75, 3.05) is 5.23 Å². The zero-order valence-corrected chi connectivity index (χ0v) is 8.42. The van der Waals surface area contributed by atoms with Gasteiger partial charge in [0.05, 0.1) is 5.69 Å². The van der Waals surface area contributed by atoms with Crippen molar-refractivity contribution in [2.24, 2.45) is 5.73 Å². The molecule has 0 bridgehead atoms. The van der Waals surface area contributed by atoms with Gasteiger partial charge >= 0.3 is 5.97 Å². The molecule has 0 spiro atoms. The summed E-state index contributed by atoms with van der Waals surface area (Å²) < 4.78 is 0. The van der Waals surface area contributed by atoms with Crippen LogP contribution in [0.3, 0.4) is 0 Å². The van der Waals surface area contributed by atoms with E-state index in [1.807, 2.05) is 0 Å². The van der Waals surface area contributed by atoms with Crippen molar-refractivity contribution >= 4 is 11.7 Å². The molecule has 0 aromatic heterocycles. The molecule has 0 radical (unpaired) electrons. The minimum absolute atomic E-state index is 0.00242. The van der Waals surface area contributed by atoms with Crippen LogP contribution < -0.4 is 11.0 Å². The van der Waals surface area contributed by atoms with Gasteiger partial charge in [0.15, 0.2) is 0 Å². The van der Waals surface area contributed by atoms with E-state index in [4.69, 9.17) is 21.3 Å². The van der Waals surface area contributed by atoms with Gasteiger partial charge in [-0.25, -0.2) is 0 Å². The SMILES string of the molecule is NC1(C(=O)O)Cc2ccc(N(O)O)cc2C1. The second kappa shape index (κ2) is 3.44. The molecule has 0 saturated heterocycles. The lowest BCUT2D eigenvalue weighted by Crippen LogP contribution is -2.48. The van der Waals surface area contributed by atoms with Gasteiger partial charge < -0.3 is 10.8 Å². The fraction of sp³-hybridized carbons (Fsp3) is 0.300. The minimum Gasteiger partial charge on any atom is -0.480 e. The van der Waals surface area contributed by atoms with Crippen molar-refractivity contribution in [1.82, 2.24) is 0 Å². The van der Waals surface area contributed by atoms with Gasteiger partial charge in [-0.2, -0.15) is 0 Å². The largest absolute Gasteiger partial charge is 0.480 e. The Morgan fingerprint density at radius 3 is 2.50 bits per heavy atom. The standard InChI is InChI=1S/C10H12N2O4/c11-10(9(13)14)4-6-1-2-8(12(15)16)3-7(6)5-10/h1-3,15-16H,4-5,11H2,(H,13,14). The van der Waals surface area contributed by atoms with Crippen LogP contribution in [0.2, 0.25) is 0 Å². The summed E-state index contributed by atoms with van der Waals surface area (Å²) >= 11 is 0. The van der Waals surface area contributed by atoms with E-state index in [2.05, 4.69) is 0 Å². The normalized spacial score (nSPS) is 22.9. The van der Waals surface area contributed by atoms with Gasteiger partial charge in [0.2, 0.25) is 0 Å². The number of carboxylic acids is 1. The molecule has 1 aliphatic rings. The van der Waals surface area contributed by atoms with Gasteiger partial charge in [-0.05, 0) is 23.3 Å². The molecule has 1 unspecified atom stereocenters. The van der Waals surface area contributed by atoms with Crippen molar-refractivity contribution in [3.8, 4) is 0 Å². The molecule has 16 heavy (non-hydrogen) atoms. The monoisotopic (exact) mass is 224 g/mol. The Morgan fingerprint density at radius 1 is 1.31 bits per heavy atom. The average molecular weight is 224 g/mol. The predicted molar refractivity (Wildman–Crippen MR) is 54.5 cm³/mol. The van der Waals surface area contributed by atoms with Crippen molar-refractivity contribution < 1.29 is 20.3 Å². The van der Waals surface area contributed by atoms with E-state index < -0.39 is 11.5 Å². The quantitative estimate of drug-likeness (QED) is 0.533. The van der Waals surface area contributed by atoms with Crippen molar-refractivity contribution in [2.45, 2.75) is 18.4 Å². The van der Waals surface area contributed by atoms with Crippen LogP contribution >= 0.6 is 0 Å². The maximum atomic E-state index is 11.0. The van der Waals surface area contributed by atoms with E-state index in [-0.39, 0.29) is 23.8 Å². The number of hydrogen-bond donors (Lipinski definition) is 4. The number of carbonyl (C=O) groups is 1. The highest BCUT2D eigenvalue weighted by molar-refractivity contribution is 5.81. The predicted octanol–water partition coefficient (Wildman–Crippen LogP) is 0.152. The second-order valence-corrected chi connectivity index (χ2v) is 4.06. The average Bonchev–Trinajstić information content (AvgIpc) is 2.54. The van der Waals surface area contributed by atoms with Crippen LogP contribution in [0.5, 0.6) is 0 Å². The molecule has 5 N–H and O–H groups in total. The van der Waals surface area contributed by atoms with Crippen molar-refractivity contribution in [3.63, 3.8) is 0 Å². The van der Waals surface area contributed by atoms with E-state index in [9.17, 15) is 4.79 Å². The van der Waals surface area contributed by atoms with E-state index in [1.54, 1.807) is 6.07 Å². The molecule has 1 atom stereocenters. The first-order chi connectivity index (χ1) is 7.42. The molecule has 0 saturated carbocycles. The van der Waals surface area contributed by atoms with Gasteiger partial charge in [0, 0.05) is 12.8 Å². The lowest BCUT2D eigenvalue weighted by molar-refractivity contribution is -0.142. The fourth-order valence-corrected chi connectivity index (χ4v) is 1.97. The number of nitrogens with zero attached hydrogens (tertiary/aromatic N) is 1. The van der Waals surface area contributed by atoms with Gasteiger partial charge in [-0.3, -0.25) is 15.2 Å². The maximum absolute atomic E-state index is 11.0. The molecule has 2 rings (SSSR count). The molecule has 6 nitrogen and oxygen atoms in total. The third kappa shape index (κ3) is 1.63. The Hall–Kier alpha value is -1.63. The Balaban J connectivity index is 2.35. The number of hydrogen-bond acceptors (Lipinski definition) is 5. The summed E-state index contributed by atoms with van der Waals surface area (Å²) in [5.41, 5.74) is 6.21. The van der Waals surface area contributed by atoms with Crippen LogP contribution in [0.15, 0.2) is 18.2 Å². The topological polar surface area (TPSA) is 107 Å². The molecular weight excluding hydrogens is 212 g/mol. The van der Waals surface area contributed by atoms with Crippen molar-refractivity contribution in [3.05, 3.63) is 29.3 Å². The molecule has 0 fully saturated rings. The number of rotatable bonds is 2. The van der Waals surface area contributed by atoms with Gasteiger partial charge in [0.25, 0.3) is 0 Å². The lowest BCUT2D eigenvalue weighted by atomic mass is 9.98. The van der Waals surface area contributed by atoms with E-state index in [0.717, 1.165) is 11.1 Å². The summed E-state index contributed by atoms with van der Waals surface area (Å²) in [4.78, 5) is 11.0. The highest BCUT2D eigenvalue weighted by atomic mass is 16.8. The van der Waals surface area contributed by atoms with E-state index in [0.29, 0.717) is 0 Å². The van der Waals surface area contributed by atoms with Crippen LogP contribution in [-0.2, 0) is 17.6 Å². The van der Waals surface area contributed by atoms with Gasteiger partial charge in [-0.15, -0.1) is 5.23 Å². The zero-order chi connectivity index (χ0) is 11.9. The lowest BCUT2D eigenvalue weighted by Gasteiger charge is -2.16. The Morgan fingerprint density at radius 2 is 1.94 bits per heavy atom. The second-order valence-electron chi connectivity index (χ2n) is 4.06. The first-order valence-corrected chi connectivity index (χ1v) is 4.74. The number of aliphatic carboxylic acids is 1. The number of nitrogens with two attached hydrogens (primary N) is 1. The van der Waals surface area contributed by atoms with Crippen LogP contribution in [0.1, 0.15) is 11.1 Å². The third-order valence-electron chi connectivity index (χ3n) is 2.86. The molecule has 1 aromatic carbocycles.